The molecule has 4 unspecified atom stereocenters. The quantitative estimate of drug-likeness (QED) is 0.172. The summed E-state index contributed by atoms with van der Waals surface area (Å²) in [5.41, 5.74) is 0. The molecule has 0 saturated carbocycles. The summed E-state index contributed by atoms with van der Waals surface area (Å²) in [6.45, 7) is 5.87. The molecule has 20 nitrogen and oxygen atoms in total. The molecule has 0 aromatic carbocycles. The molecule has 4 heterocycles. The number of aliphatic hydroxyl groups is 4. The maximum absolute atomic E-state index is 10.2. The van der Waals surface area contributed by atoms with E-state index in [0.29, 0.717) is 0 Å². The zero-order chi connectivity index (χ0) is 25.3. The lowest BCUT2D eigenvalue weighted by molar-refractivity contribution is 0.0952. The number of aromatic nitrogens is 16. The summed E-state index contributed by atoms with van der Waals surface area (Å²) in [7, 11) is 0. The van der Waals surface area contributed by atoms with Crippen LogP contribution in [-0.2, 0) is 0 Å². The third-order valence-electron chi connectivity index (χ3n) is 5.21. The molecule has 0 aliphatic heterocycles. The Morgan fingerprint density at radius 2 is 0.714 bits per heavy atom. The second-order valence-electron chi connectivity index (χ2n) is 7.79. The van der Waals surface area contributed by atoms with E-state index in [1.54, 1.807) is 0 Å². The lowest BCUT2D eigenvalue weighted by Gasteiger charge is -2.23. The van der Waals surface area contributed by atoms with Crippen LogP contribution in [-0.4, -0.2) is 101 Å². The van der Waals surface area contributed by atoms with Crippen molar-refractivity contribution < 1.29 is 20.4 Å². The first kappa shape index (κ1) is 24.3. The smallest absolute Gasteiger partial charge is 0.165 e. The summed E-state index contributed by atoms with van der Waals surface area (Å²) in [4.78, 5) is 0. The van der Waals surface area contributed by atoms with Crippen LogP contribution < -0.4 is 0 Å². The molecule has 35 heavy (non-hydrogen) atoms. The second kappa shape index (κ2) is 9.77. The molecule has 0 aliphatic carbocycles. The van der Waals surface area contributed by atoms with Gasteiger partial charge in [-0.05, 0) is 75.8 Å². The molecule has 20 heteroatoms. The fourth-order valence-electron chi connectivity index (χ4n) is 3.67. The van der Waals surface area contributed by atoms with E-state index < -0.39 is 36.7 Å². The predicted octanol–water partition coefficient (Wildman–Crippen LogP) is -2.97. The van der Waals surface area contributed by atoms with Gasteiger partial charge < -0.3 is 20.4 Å². The molecule has 4 atom stereocenters. The number of tetrazole rings is 4. The second-order valence-corrected chi connectivity index (χ2v) is 7.79. The van der Waals surface area contributed by atoms with E-state index in [-0.39, 0.29) is 29.7 Å². The van der Waals surface area contributed by atoms with Gasteiger partial charge in [0.2, 0.25) is 0 Å². The highest BCUT2D eigenvalue weighted by Gasteiger charge is 2.37. The van der Waals surface area contributed by atoms with E-state index in [1.807, 2.05) is 0 Å². The van der Waals surface area contributed by atoms with Crippen molar-refractivity contribution >= 4 is 0 Å². The maximum atomic E-state index is 10.2. The Bertz CT molecular complexity index is 1050. The number of rotatable bonds is 10. The van der Waals surface area contributed by atoms with E-state index in [2.05, 4.69) is 62.1 Å². The number of hydrogen-bond donors (Lipinski definition) is 4. The van der Waals surface area contributed by atoms with Crippen LogP contribution in [0.1, 0.15) is 94.2 Å². The van der Waals surface area contributed by atoms with Crippen LogP contribution in [0.5, 0.6) is 0 Å². The van der Waals surface area contributed by atoms with Gasteiger partial charge in [-0.15, -0.1) is 20.4 Å². The van der Waals surface area contributed by atoms with Crippen molar-refractivity contribution in [1.29, 1.82) is 0 Å². The van der Waals surface area contributed by atoms with Gasteiger partial charge in [-0.25, -0.2) is 18.7 Å². The molecule has 0 saturated heterocycles. The molecule has 0 spiro atoms. The van der Waals surface area contributed by atoms with Crippen LogP contribution >= 0.6 is 0 Å². The predicted molar refractivity (Wildman–Crippen MR) is 107 cm³/mol. The lowest BCUT2D eigenvalue weighted by atomic mass is 9.91. The molecule has 0 aliphatic rings. The summed E-state index contributed by atoms with van der Waals surface area (Å²) in [5, 5.41) is 87.2. The first-order chi connectivity index (χ1) is 16.7. The fourth-order valence-corrected chi connectivity index (χ4v) is 3.67. The Morgan fingerprint density at radius 3 is 0.914 bits per heavy atom. The summed E-state index contributed by atoms with van der Waals surface area (Å²) >= 11 is 0. The van der Waals surface area contributed by atoms with Crippen LogP contribution in [0.25, 0.3) is 0 Å². The van der Waals surface area contributed by atoms with Crippen LogP contribution in [0, 0.1) is 0 Å². The minimum absolute atomic E-state index is 0.000370. The Hall–Kier alpha value is -3.88. The zero-order valence-corrected chi connectivity index (χ0v) is 19.1. The van der Waals surface area contributed by atoms with Crippen molar-refractivity contribution in [3.63, 3.8) is 0 Å². The van der Waals surface area contributed by atoms with Crippen molar-refractivity contribution in [3.05, 3.63) is 23.3 Å². The summed E-state index contributed by atoms with van der Waals surface area (Å²) < 4.78 is 4.66. The van der Waals surface area contributed by atoms with E-state index in [0.717, 1.165) is 18.7 Å². The molecule has 0 bridgehead atoms. The average Bonchev–Trinajstić information content (AvgIpc) is 3.60. The summed E-state index contributed by atoms with van der Waals surface area (Å²) in [6, 6.07) is 0. The van der Waals surface area contributed by atoms with Gasteiger partial charge >= 0.3 is 0 Å². The third-order valence-corrected chi connectivity index (χ3v) is 5.21. The highest BCUT2D eigenvalue weighted by atomic mass is 16.3. The molecule has 4 N–H and O–H groups in total. The minimum atomic E-state index is -1.11. The Labute approximate surface area is 196 Å². The van der Waals surface area contributed by atoms with Crippen molar-refractivity contribution in [2.75, 3.05) is 0 Å². The van der Waals surface area contributed by atoms with Crippen LogP contribution in [0.3, 0.4) is 0 Å². The first-order valence-corrected chi connectivity index (χ1v) is 10.5. The normalized spacial score (nSPS) is 17.1. The topological polar surface area (TPSA) is 255 Å². The minimum Gasteiger partial charge on any atom is -0.372 e. The molecule has 4 aromatic heterocycles. The molecule has 0 radical (unpaired) electrons. The van der Waals surface area contributed by atoms with Crippen LogP contribution in [0.2, 0.25) is 0 Å². The lowest BCUT2D eigenvalue weighted by Crippen LogP contribution is -2.25. The molecule has 188 valence electrons. The maximum Gasteiger partial charge on any atom is 0.165 e. The Kier molecular flexibility index (Phi) is 6.77. The Morgan fingerprint density at radius 1 is 0.486 bits per heavy atom. The highest BCUT2D eigenvalue weighted by Crippen LogP contribution is 2.37. The largest absolute Gasteiger partial charge is 0.372 e. The summed E-state index contributed by atoms with van der Waals surface area (Å²) in [6.07, 6.45) is -4.44. The number of nitrogens with zero attached hydrogens (tertiary/aromatic N) is 16. The van der Waals surface area contributed by atoms with Crippen LogP contribution in [0.15, 0.2) is 0 Å². The van der Waals surface area contributed by atoms with Gasteiger partial charge in [-0.2, -0.15) is 0 Å². The molecular weight excluding hydrogens is 468 g/mol. The molecule has 4 rings (SSSR count). The van der Waals surface area contributed by atoms with Crippen molar-refractivity contribution in [1.82, 2.24) is 80.8 Å². The first-order valence-electron chi connectivity index (χ1n) is 10.5. The van der Waals surface area contributed by atoms with E-state index >= 15 is 0 Å². The fraction of sp³-hybridized carbons (Fsp3) is 0.733. The monoisotopic (exact) mass is 492 g/mol. The van der Waals surface area contributed by atoms with E-state index in [4.69, 9.17) is 0 Å². The molecule has 0 amide bonds. The van der Waals surface area contributed by atoms with Gasteiger partial charge in [0.1, 0.15) is 24.9 Å². The molecular formula is C15H24N16O4. The van der Waals surface area contributed by atoms with Gasteiger partial charge in [0.15, 0.2) is 23.3 Å². The highest BCUT2D eigenvalue weighted by molar-refractivity contribution is 5.18. The standard InChI is InChI=1S/C15H24N16O4/c1-6(32)28-12(16-20-24-28)10(13-17-21-25-29(13)7(2)33)5-11(14-18-22-26-30(14)8(3)34)15-19-23-27-31(15)9(4)35/h6-11,32-35H,5H2,1-4H3. The van der Waals surface area contributed by atoms with Gasteiger partial charge in [-0.3, -0.25) is 0 Å². The van der Waals surface area contributed by atoms with Gasteiger partial charge in [0.05, 0.1) is 11.8 Å². The SMILES string of the molecule is CC(O)n1nnnc1C(CC(c1nnnn1C(C)O)c1nnnn1C(C)O)c1nnnn1C(C)O. The molecule has 0 fully saturated rings. The average molecular weight is 492 g/mol. The summed E-state index contributed by atoms with van der Waals surface area (Å²) in [5.74, 6) is -1.09. The van der Waals surface area contributed by atoms with Crippen molar-refractivity contribution in [2.45, 2.75) is 70.9 Å². The van der Waals surface area contributed by atoms with E-state index in [9.17, 15) is 20.4 Å². The molecule has 4 aromatic rings. The third kappa shape index (κ3) is 4.58. The van der Waals surface area contributed by atoms with Gasteiger partial charge in [0, 0.05) is 0 Å². The van der Waals surface area contributed by atoms with Crippen molar-refractivity contribution in [3.8, 4) is 0 Å². The number of hydrogen-bond acceptors (Lipinski definition) is 16. The van der Waals surface area contributed by atoms with E-state index in [1.165, 1.54) is 27.7 Å². The van der Waals surface area contributed by atoms with Crippen molar-refractivity contribution in [2.24, 2.45) is 0 Å². The zero-order valence-electron chi connectivity index (χ0n) is 19.1. The van der Waals surface area contributed by atoms with Gasteiger partial charge in [0.25, 0.3) is 0 Å². The van der Waals surface area contributed by atoms with Gasteiger partial charge in [-0.1, -0.05) is 0 Å². The Balaban J connectivity index is 1.91. The van der Waals surface area contributed by atoms with Crippen LogP contribution in [0.4, 0.5) is 0 Å². The number of aliphatic hydroxyl groups excluding tert-OH is 4.